The van der Waals surface area contributed by atoms with Gasteiger partial charge in [-0.2, -0.15) is 10.4 Å². The van der Waals surface area contributed by atoms with E-state index in [1.54, 1.807) is 12.1 Å². The highest BCUT2D eigenvalue weighted by molar-refractivity contribution is 6.30. The van der Waals surface area contributed by atoms with Gasteiger partial charge >= 0.3 is 0 Å². The summed E-state index contributed by atoms with van der Waals surface area (Å²) in [4.78, 5) is 2.25. The molecule has 4 nitrogen and oxygen atoms in total. The van der Waals surface area contributed by atoms with Crippen LogP contribution in [0.15, 0.2) is 30.6 Å². The molecule has 1 aliphatic rings. The van der Waals surface area contributed by atoms with Crippen molar-refractivity contribution in [3.8, 4) is 6.07 Å². The van der Waals surface area contributed by atoms with Gasteiger partial charge in [-0.1, -0.05) is 11.6 Å². The van der Waals surface area contributed by atoms with Gasteiger partial charge in [0, 0.05) is 24.3 Å². The summed E-state index contributed by atoms with van der Waals surface area (Å²) < 4.78 is 2.07. The predicted octanol–water partition coefficient (Wildman–Crippen LogP) is 3.56. The van der Waals surface area contributed by atoms with E-state index in [0.717, 1.165) is 31.6 Å². The molecule has 108 valence electrons. The van der Waals surface area contributed by atoms with Crippen LogP contribution in [0.3, 0.4) is 0 Å². The van der Waals surface area contributed by atoms with E-state index >= 15 is 0 Å². The van der Waals surface area contributed by atoms with Gasteiger partial charge in [-0.15, -0.1) is 0 Å². The molecule has 1 aromatic heterocycles. The van der Waals surface area contributed by atoms with Gasteiger partial charge in [0.05, 0.1) is 23.5 Å². The summed E-state index contributed by atoms with van der Waals surface area (Å²) >= 11 is 6.07. The minimum absolute atomic E-state index is 0.444. The summed E-state index contributed by atoms with van der Waals surface area (Å²) in [5, 5.41) is 14.3. The number of rotatable bonds is 2. The molecular weight excluding hydrogens is 284 g/mol. The molecule has 1 aromatic carbocycles. The molecule has 1 fully saturated rings. The van der Waals surface area contributed by atoms with E-state index < -0.39 is 0 Å². The quantitative estimate of drug-likeness (QED) is 0.852. The lowest BCUT2D eigenvalue weighted by Crippen LogP contribution is -2.35. The largest absolute Gasteiger partial charge is 0.370 e. The average Bonchev–Trinajstić information content (AvgIpc) is 2.94. The van der Waals surface area contributed by atoms with Gasteiger partial charge in [0.2, 0.25) is 0 Å². The highest BCUT2D eigenvalue weighted by atomic mass is 35.5. The summed E-state index contributed by atoms with van der Waals surface area (Å²) in [5.41, 5.74) is 2.83. The van der Waals surface area contributed by atoms with Crippen LogP contribution in [0.1, 0.15) is 30.0 Å². The predicted molar refractivity (Wildman–Crippen MR) is 83.6 cm³/mol. The van der Waals surface area contributed by atoms with Crippen molar-refractivity contribution in [3.63, 3.8) is 0 Å². The molecule has 5 heteroatoms. The second-order valence-electron chi connectivity index (χ2n) is 5.49. The molecule has 21 heavy (non-hydrogen) atoms. The molecule has 3 rings (SSSR count). The number of piperidine rings is 1. The van der Waals surface area contributed by atoms with Crippen molar-refractivity contribution < 1.29 is 0 Å². The maximum Gasteiger partial charge on any atom is 0.101 e. The molecule has 2 heterocycles. The Bertz CT molecular complexity index is 678. The van der Waals surface area contributed by atoms with Crippen molar-refractivity contribution in [3.05, 3.63) is 46.7 Å². The minimum Gasteiger partial charge on any atom is -0.370 e. The van der Waals surface area contributed by atoms with Crippen molar-refractivity contribution in [2.24, 2.45) is 0 Å². The standard InChI is InChI=1S/C16H17ClN4/c1-12-10-19-21(11-12)15-4-6-20(7-5-15)16-8-14(17)3-2-13(16)9-18/h2-3,8,10-11,15H,4-7H2,1H3. The molecule has 0 amide bonds. The lowest BCUT2D eigenvalue weighted by Gasteiger charge is -2.34. The zero-order chi connectivity index (χ0) is 14.8. The molecule has 1 aliphatic heterocycles. The van der Waals surface area contributed by atoms with E-state index in [9.17, 15) is 5.26 Å². The lowest BCUT2D eigenvalue weighted by atomic mass is 10.0. The van der Waals surface area contributed by atoms with Gasteiger partial charge in [-0.05, 0) is 43.5 Å². The number of anilines is 1. The Morgan fingerprint density at radius 3 is 2.71 bits per heavy atom. The van der Waals surface area contributed by atoms with Gasteiger partial charge in [-0.25, -0.2) is 0 Å². The highest BCUT2D eigenvalue weighted by Gasteiger charge is 2.22. The van der Waals surface area contributed by atoms with Crippen molar-refractivity contribution in [1.29, 1.82) is 5.26 Å². The van der Waals surface area contributed by atoms with Crippen molar-refractivity contribution >= 4 is 17.3 Å². The number of nitrogens with zero attached hydrogens (tertiary/aromatic N) is 4. The van der Waals surface area contributed by atoms with Gasteiger partial charge in [0.25, 0.3) is 0 Å². The van der Waals surface area contributed by atoms with Crippen LogP contribution in [0.5, 0.6) is 0 Å². The van der Waals surface area contributed by atoms with Crippen LogP contribution >= 0.6 is 11.6 Å². The van der Waals surface area contributed by atoms with Crippen molar-refractivity contribution in [1.82, 2.24) is 9.78 Å². The fourth-order valence-corrected chi connectivity index (χ4v) is 3.03. The molecule has 0 radical (unpaired) electrons. The molecule has 2 aromatic rings. The van der Waals surface area contributed by atoms with Crippen LogP contribution in [0.2, 0.25) is 5.02 Å². The third-order valence-electron chi connectivity index (χ3n) is 3.99. The average molecular weight is 301 g/mol. The fourth-order valence-electron chi connectivity index (χ4n) is 2.87. The monoisotopic (exact) mass is 300 g/mol. The topological polar surface area (TPSA) is 44.9 Å². The Morgan fingerprint density at radius 1 is 1.33 bits per heavy atom. The Balaban J connectivity index is 1.74. The smallest absolute Gasteiger partial charge is 0.101 e. The van der Waals surface area contributed by atoms with E-state index in [4.69, 9.17) is 11.6 Å². The zero-order valence-corrected chi connectivity index (χ0v) is 12.7. The highest BCUT2D eigenvalue weighted by Crippen LogP contribution is 2.30. The van der Waals surface area contributed by atoms with E-state index in [-0.39, 0.29) is 0 Å². The summed E-state index contributed by atoms with van der Waals surface area (Å²) in [6, 6.07) is 8.14. The SMILES string of the molecule is Cc1cnn(C2CCN(c3cc(Cl)ccc3C#N)CC2)c1. The Kier molecular flexibility index (Phi) is 3.85. The molecule has 1 saturated heterocycles. The van der Waals surface area contributed by atoms with Crippen LogP contribution in [0.4, 0.5) is 5.69 Å². The maximum absolute atomic E-state index is 9.24. The van der Waals surface area contributed by atoms with E-state index in [2.05, 4.69) is 33.9 Å². The Morgan fingerprint density at radius 2 is 2.10 bits per heavy atom. The van der Waals surface area contributed by atoms with Crippen LogP contribution in [0.25, 0.3) is 0 Å². The first-order chi connectivity index (χ1) is 10.2. The van der Waals surface area contributed by atoms with E-state index in [1.165, 1.54) is 5.56 Å². The van der Waals surface area contributed by atoms with Gasteiger partial charge < -0.3 is 4.90 Å². The molecule has 0 N–H and O–H groups in total. The molecule has 0 unspecified atom stereocenters. The normalized spacial score (nSPS) is 16.0. The maximum atomic E-state index is 9.24. The number of benzene rings is 1. The number of aryl methyl sites for hydroxylation is 1. The first kappa shape index (κ1) is 14.0. The number of hydrogen-bond donors (Lipinski definition) is 0. The molecule has 0 bridgehead atoms. The lowest BCUT2D eigenvalue weighted by molar-refractivity contribution is 0.367. The molecule has 0 aliphatic carbocycles. The molecular formula is C16H17ClN4. The van der Waals surface area contributed by atoms with E-state index in [0.29, 0.717) is 16.6 Å². The van der Waals surface area contributed by atoms with Crippen LogP contribution < -0.4 is 4.90 Å². The van der Waals surface area contributed by atoms with Crippen molar-refractivity contribution in [2.75, 3.05) is 18.0 Å². The number of hydrogen-bond acceptors (Lipinski definition) is 3. The summed E-state index contributed by atoms with van der Waals surface area (Å²) in [5.74, 6) is 0. The minimum atomic E-state index is 0.444. The van der Waals surface area contributed by atoms with Gasteiger partial charge in [-0.3, -0.25) is 4.68 Å². The van der Waals surface area contributed by atoms with Crippen LogP contribution in [-0.4, -0.2) is 22.9 Å². The second kappa shape index (κ2) is 5.79. The molecule has 0 saturated carbocycles. The Labute approximate surface area is 129 Å². The van der Waals surface area contributed by atoms with Crippen molar-refractivity contribution in [2.45, 2.75) is 25.8 Å². The second-order valence-corrected chi connectivity index (χ2v) is 5.93. The number of nitriles is 1. The van der Waals surface area contributed by atoms with Gasteiger partial charge in [0.15, 0.2) is 0 Å². The first-order valence-corrected chi connectivity index (χ1v) is 7.50. The van der Waals surface area contributed by atoms with Crippen LogP contribution in [-0.2, 0) is 0 Å². The Hall–Kier alpha value is -1.99. The third kappa shape index (κ3) is 2.88. The van der Waals surface area contributed by atoms with E-state index in [1.807, 2.05) is 12.3 Å². The summed E-state index contributed by atoms with van der Waals surface area (Å²) in [7, 11) is 0. The van der Waals surface area contributed by atoms with Gasteiger partial charge in [0.1, 0.15) is 6.07 Å². The molecule has 0 spiro atoms. The first-order valence-electron chi connectivity index (χ1n) is 7.13. The number of halogens is 1. The summed E-state index contributed by atoms with van der Waals surface area (Å²) in [6.07, 6.45) is 6.05. The third-order valence-corrected chi connectivity index (χ3v) is 4.23. The number of aromatic nitrogens is 2. The zero-order valence-electron chi connectivity index (χ0n) is 12.0. The van der Waals surface area contributed by atoms with Crippen LogP contribution in [0, 0.1) is 18.3 Å². The summed E-state index contributed by atoms with van der Waals surface area (Å²) in [6.45, 7) is 3.89. The fraction of sp³-hybridized carbons (Fsp3) is 0.375. The molecule has 0 atom stereocenters.